The van der Waals surface area contributed by atoms with Crippen molar-refractivity contribution < 1.29 is 38.5 Å². The standard InChI is InChI=1S/C24H20ClN3O5.C17H23NO4/c1-3-20(23(30)27-17-8-5-14(6-9-17)24(31)32)28-13-21(33-2)19(11-22(28)29)18-10-16(25)7-4-15(18)12-26;1-17(2,3)22-16(20)18-11-7-10-14(18)15(19)21-12-13-8-5-4-6-9-13/h4-11,13,20H,3H2,1-2H3,(H,27,30)(H,31,32);4-6,8-9,14H,7,10-12H2,1-3H3. The Morgan fingerprint density at radius 1 is 1.02 bits per heavy atom. The van der Waals surface area contributed by atoms with Crippen LogP contribution >= 0.6 is 11.6 Å². The first-order valence-electron chi connectivity index (χ1n) is 17.5. The molecule has 2 unspecified atom stereocenters. The Morgan fingerprint density at radius 2 is 1.71 bits per heavy atom. The van der Waals surface area contributed by atoms with Crippen molar-refractivity contribution in [2.24, 2.45) is 0 Å². The van der Waals surface area contributed by atoms with E-state index in [0.717, 1.165) is 12.0 Å². The van der Waals surface area contributed by atoms with Gasteiger partial charge in [-0.05, 0) is 88.1 Å². The third-order valence-corrected chi connectivity index (χ3v) is 8.69. The van der Waals surface area contributed by atoms with Crippen LogP contribution in [0.4, 0.5) is 10.5 Å². The molecule has 2 N–H and O–H groups in total. The molecule has 2 heterocycles. The minimum absolute atomic E-state index is 0.0920. The predicted octanol–water partition coefficient (Wildman–Crippen LogP) is 7.47. The van der Waals surface area contributed by atoms with Gasteiger partial charge in [0.2, 0.25) is 5.91 Å². The van der Waals surface area contributed by atoms with Crippen molar-refractivity contribution >= 4 is 41.2 Å². The Hall–Kier alpha value is -6.13. The van der Waals surface area contributed by atoms with E-state index in [-0.39, 0.29) is 18.1 Å². The maximum atomic E-state index is 13.0. The third-order valence-electron chi connectivity index (χ3n) is 8.46. The molecule has 0 spiro atoms. The molecular formula is C41H43ClN4O9. The minimum Gasteiger partial charge on any atom is -0.495 e. The lowest BCUT2D eigenvalue weighted by atomic mass is 10.00. The summed E-state index contributed by atoms with van der Waals surface area (Å²) in [7, 11) is 1.43. The van der Waals surface area contributed by atoms with Gasteiger partial charge in [0.25, 0.3) is 5.56 Å². The number of nitrogens with zero attached hydrogens (tertiary/aromatic N) is 3. The zero-order chi connectivity index (χ0) is 40.3. The number of amides is 2. The van der Waals surface area contributed by atoms with Crippen LogP contribution in [-0.2, 0) is 25.7 Å². The number of nitrogens with one attached hydrogen (secondary N) is 1. The van der Waals surface area contributed by atoms with Crippen molar-refractivity contribution in [3.05, 3.63) is 117 Å². The van der Waals surface area contributed by atoms with Crippen LogP contribution < -0.4 is 15.6 Å². The van der Waals surface area contributed by atoms with Crippen LogP contribution in [0.2, 0.25) is 5.02 Å². The second kappa shape index (κ2) is 18.8. The number of pyridine rings is 1. The zero-order valence-electron chi connectivity index (χ0n) is 31.2. The summed E-state index contributed by atoms with van der Waals surface area (Å²) in [5.74, 6) is -1.59. The number of carbonyl (C=O) groups excluding carboxylic acids is 3. The van der Waals surface area contributed by atoms with E-state index in [1.54, 1.807) is 25.1 Å². The summed E-state index contributed by atoms with van der Waals surface area (Å²) in [5, 5.41) is 21.5. The molecule has 3 aromatic carbocycles. The number of anilines is 1. The summed E-state index contributed by atoms with van der Waals surface area (Å²) >= 11 is 6.09. The van der Waals surface area contributed by atoms with E-state index < -0.39 is 41.2 Å². The number of carboxylic acid groups (broad SMARTS) is 1. The molecule has 1 saturated heterocycles. The highest BCUT2D eigenvalue weighted by atomic mass is 35.5. The highest BCUT2D eigenvalue weighted by Gasteiger charge is 2.37. The summed E-state index contributed by atoms with van der Waals surface area (Å²) in [6, 6.07) is 21.9. The summed E-state index contributed by atoms with van der Waals surface area (Å²) < 4.78 is 17.4. The van der Waals surface area contributed by atoms with E-state index in [9.17, 15) is 29.2 Å². The number of hydrogen-bond acceptors (Lipinski definition) is 9. The SMILES string of the molecule is CC(C)(C)OC(=O)N1CCCC1C(=O)OCc1ccccc1.CCC(C(=O)Nc1ccc(C(=O)O)cc1)n1cc(OC)c(-c2cc(Cl)ccc2C#N)cc1=O. The Kier molecular flexibility index (Phi) is 14.2. The van der Waals surface area contributed by atoms with Crippen LogP contribution in [0.3, 0.4) is 0 Å². The number of ether oxygens (including phenoxy) is 3. The van der Waals surface area contributed by atoms with E-state index in [1.165, 1.54) is 53.1 Å². The molecule has 55 heavy (non-hydrogen) atoms. The number of esters is 1. The molecule has 1 fully saturated rings. The summed E-state index contributed by atoms with van der Waals surface area (Å²) in [6.07, 6.45) is 2.69. The molecule has 1 aromatic heterocycles. The molecule has 0 radical (unpaired) electrons. The number of nitriles is 1. The van der Waals surface area contributed by atoms with Gasteiger partial charge in [-0.25, -0.2) is 14.4 Å². The number of halogens is 1. The minimum atomic E-state index is -1.07. The number of benzene rings is 3. The lowest BCUT2D eigenvalue weighted by molar-refractivity contribution is -0.150. The maximum Gasteiger partial charge on any atom is 0.411 e. The molecule has 0 aliphatic carbocycles. The fraction of sp³-hybridized carbons (Fsp3) is 0.317. The van der Waals surface area contributed by atoms with Crippen molar-refractivity contribution in [2.75, 3.05) is 19.0 Å². The second-order valence-electron chi connectivity index (χ2n) is 13.5. The second-order valence-corrected chi connectivity index (χ2v) is 14.0. The first-order chi connectivity index (χ1) is 26.1. The average molecular weight is 771 g/mol. The molecule has 4 aromatic rings. The van der Waals surface area contributed by atoms with Crippen LogP contribution in [0, 0.1) is 11.3 Å². The fourth-order valence-electron chi connectivity index (χ4n) is 5.79. The topological polar surface area (TPSA) is 177 Å². The van der Waals surface area contributed by atoms with Crippen LogP contribution in [0.25, 0.3) is 11.1 Å². The number of hydrogen-bond donors (Lipinski definition) is 2. The quantitative estimate of drug-likeness (QED) is 0.154. The molecule has 5 rings (SSSR count). The Morgan fingerprint density at radius 3 is 2.31 bits per heavy atom. The summed E-state index contributed by atoms with van der Waals surface area (Å²) in [6.45, 7) is 7.94. The van der Waals surface area contributed by atoms with Crippen molar-refractivity contribution in [1.82, 2.24) is 9.47 Å². The molecule has 13 nitrogen and oxygen atoms in total. The van der Waals surface area contributed by atoms with Gasteiger partial charge in [0.05, 0.1) is 30.5 Å². The largest absolute Gasteiger partial charge is 0.495 e. The lowest BCUT2D eigenvalue weighted by Crippen LogP contribution is -2.44. The highest BCUT2D eigenvalue weighted by molar-refractivity contribution is 6.31. The molecular weight excluding hydrogens is 728 g/mol. The molecule has 288 valence electrons. The van der Waals surface area contributed by atoms with Crippen molar-refractivity contribution in [3.63, 3.8) is 0 Å². The number of aromatic nitrogens is 1. The first-order valence-corrected chi connectivity index (χ1v) is 17.9. The molecule has 0 bridgehead atoms. The monoisotopic (exact) mass is 770 g/mol. The molecule has 1 aliphatic heterocycles. The van der Waals surface area contributed by atoms with E-state index in [0.29, 0.717) is 52.5 Å². The van der Waals surface area contributed by atoms with Crippen LogP contribution in [0.15, 0.2) is 89.9 Å². The number of carbonyl (C=O) groups is 4. The van der Waals surface area contributed by atoms with Gasteiger partial charge < -0.3 is 24.6 Å². The summed E-state index contributed by atoms with van der Waals surface area (Å²) in [5.41, 5.74) is 1.55. The van der Waals surface area contributed by atoms with Crippen molar-refractivity contribution in [3.8, 4) is 22.9 Å². The molecule has 0 saturated carbocycles. The smallest absolute Gasteiger partial charge is 0.411 e. The van der Waals surface area contributed by atoms with Gasteiger partial charge in [0.15, 0.2) is 0 Å². The van der Waals surface area contributed by atoms with E-state index in [2.05, 4.69) is 11.4 Å². The Bertz CT molecular complexity index is 2110. The maximum absolute atomic E-state index is 13.0. The molecule has 2 atom stereocenters. The number of rotatable bonds is 10. The van der Waals surface area contributed by atoms with E-state index in [1.807, 2.05) is 51.1 Å². The summed E-state index contributed by atoms with van der Waals surface area (Å²) in [4.78, 5) is 62.8. The van der Waals surface area contributed by atoms with Crippen molar-refractivity contribution in [1.29, 1.82) is 5.26 Å². The van der Waals surface area contributed by atoms with Gasteiger partial charge in [-0.2, -0.15) is 5.26 Å². The van der Waals surface area contributed by atoms with Gasteiger partial charge in [0, 0.05) is 34.4 Å². The lowest BCUT2D eigenvalue weighted by Gasteiger charge is -2.27. The van der Waals surface area contributed by atoms with E-state index in [4.69, 9.17) is 30.9 Å². The Labute approximate surface area is 324 Å². The fourth-order valence-corrected chi connectivity index (χ4v) is 5.96. The number of likely N-dealkylation sites (tertiary alicyclic amines) is 1. The average Bonchev–Trinajstić information content (AvgIpc) is 3.66. The third kappa shape index (κ3) is 11.2. The van der Waals surface area contributed by atoms with E-state index >= 15 is 0 Å². The molecule has 1 aliphatic rings. The zero-order valence-corrected chi connectivity index (χ0v) is 32.0. The number of methoxy groups -OCH3 is 1. The van der Waals surface area contributed by atoms with Crippen LogP contribution in [-0.4, -0.2) is 63.8 Å². The van der Waals surface area contributed by atoms with Gasteiger partial charge in [-0.1, -0.05) is 48.9 Å². The first kappa shape index (κ1) is 41.6. The van der Waals surface area contributed by atoms with Gasteiger partial charge >= 0.3 is 18.0 Å². The van der Waals surface area contributed by atoms with Gasteiger partial charge in [-0.3, -0.25) is 19.1 Å². The van der Waals surface area contributed by atoms with Crippen molar-refractivity contribution in [2.45, 2.75) is 71.2 Å². The number of carboxylic acids is 1. The van der Waals surface area contributed by atoms with Crippen LogP contribution in [0.5, 0.6) is 5.75 Å². The van der Waals surface area contributed by atoms with Gasteiger partial charge in [-0.15, -0.1) is 0 Å². The number of aromatic carboxylic acids is 1. The molecule has 2 amide bonds. The molecule has 14 heteroatoms. The predicted molar refractivity (Wildman–Crippen MR) is 206 cm³/mol. The van der Waals surface area contributed by atoms with Gasteiger partial charge in [0.1, 0.15) is 30.0 Å². The Balaban J connectivity index is 0.000000265. The van der Waals surface area contributed by atoms with Crippen LogP contribution in [0.1, 0.15) is 74.5 Å². The normalized spacial score (nSPS) is 14.1. The highest BCUT2D eigenvalue weighted by Crippen LogP contribution is 2.33.